The Bertz CT molecular complexity index is 1310. The molecule has 0 aliphatic carbocycles. The Hall–Kier alpha value is -3.06. The van der Waals surface area contributed by atoms with E-state index in [0.29, 0.717) is 72.8 Å². The number of ether oxygens (including phenoxy) is 3. The van der Waals surface area contributed by atoms with Crippen LogP contribution in [0.1, 0.15) is 33.1 Å². The maximum atomic E-state index is 12.5. The smallest absolute Gasteiger partial charge is 0.303 e. The SMILES string of the molecule is CC(=O)OC(C)C(=O)N1CCC(CCn2cnc(N)c3nc(Sc4cc5c(cc4Br)OCCO5)nc2-3)CC1. The molecule has 0 bridgehead atoms. The van der Waals surface area contributed by atoms with Gasteiger partial charge in [0.05, 0.1) is 6.33 Å². The number of benzene rings is 1. The van der Waals surface area contributed by atoms with Crippen molar-refractivity contribution < 1.29 is 23.8 Å². The second-order valence-electron chi connectivity index (χ2n) is 9.34. The Balaban J connectivity index is 1.23. The van der Waals surface area contributed by atoms with Gasteiger partial charge in [-0.15, -0.1) is 0 Å². The van der Waals surface area contributed by atoms with Gasteiger partial charge in [-0.3, -0.25) is 9.59 Å². The van der Waals surface area contributed by atoms with E-state index < -0.39 is 12.1 Å². The lowest BCUT2D eigenvalue weighted by Crippen LogP contribution is -2.44. The van der Waals surface area contributed by atoms with Gasteiger partial charge in [0, 0.05) is 35.9 Å². The van der Waals surface area contributed by atoms with Crippen LogP contribution in [-0.2, 0) is 20.9 Å². The van der Waals surface area contributed by atoms with Crippen LogP contribution >= 0.6 is 27.7 Å². The van der Waals surface area contributed by atoms with Crippen molar-refractivity contribution in [3.63, 3.8) is 0 Å². The molecule has 1 aromatic carbocycles. The van der Waals surface area contributed by atoms with E-state index in [4.69, 9.17) is 24.9 Å². The number of imidazole rings is 1. The van der Waals surface area contributed by atoms with E-state index in [-0.39, 0.29) is 5.91 Å². The average Bonchev–Trinajstić information content (AvgIpc) is 3.33. The molecule has 11 nitrogen and oxygen atoms in total. The number of anilines is 1. The number of fused-ring (bicyclic) bond motifs is 2. The predicted molar refractivity (Wildman–Crippen MR) is 143 cm³/mol. The molecule has 38 heavy (non-hydrogen) atoms. The maximum absolute atomic E-state index is 12.5. The van der Waals surface area contributed by atoms with E-state index in [1.54, 1.807) is 18.2 Å². The molecule has 5 rings (SSSR count). The summed E-state index contributed by atoms with van der Waals surface area (Å²) in [6, 6.07) is 3.81. The van der Waals surface area contributed by atoms with Crippen molar-refractivity contribution in [2.75, 3.05) is 32.0 Å². The summed E-state index contributed by atoms with van der Waals surface area (Å²) in [5.74, 6) is 2.30. The van der Waals surface area contributed by atoms with E-state index >= 15 is 0 Å². The number of likely N-dealkylation sites (tertiary alicyclic amines) is 1. The highest BCUT2D eigenvalue weighted by atomic mass is 79.9. The number of aryl methyl sites for hydroxylation is 1. The maximum Gasteiger partial charge on any atom is 0.303 e. The lowest BCUT2D eigenvalue weighted by atomic mass is 9.93. The predicted octanol–water partition coefficient (Wildman–Crippen LogP) is 3.63. The third kappa shape index (κ3) is 5.83. The number of hydrogen-bond acceptors (Lipinski definition) is 10. The highest BCUT2D eigenvalue weighted by Gasteiger charge is 2.28. The molecule has 0 saturated carbocycles. The minimum absolute atomic E-state index is 0.140. The van der Waals surface area contributed by atoms with Crippen molar-refractivity contribution in [2.45, 2.75) is 55.8 Å². The number of carbonyl (C=O) groups excluding carboxylic acids is 2. The van der Waals surface area contributed by atoms with Crippen LogP contribution in [0.5, 0.6) is 11.5 Å². The summed E-state index contributed by atoms with van der Waals surface area (Å²) in [4.78, 5) is 40.1. The van der Waals surface area contributed by atoms with Gasteiger partial charge in [0.25, 0.3) is 5.91 Å². The number of hydrogen-bond donors (Lipinski definition) is 1. The van der Waals surface area contributed by atoms with Crippen LogP contribution in [0.2, 0.25) is 0 Å². The summed E-state index contributed by atoms with van der Waals surface area (Å²) in [5.41, 5.74) is 6.71. The fraction of sp³-hybridized carbons (Fsp3) is 0.480. The van der Waals surface area contributed by atoms with E-state index in [9.17, 15) is 9.59 Å². The Morgan fingerprint density at radius 2 is 1.92 bits per heavy atom. The van der Waals surface area contributed by atoms with Gasteiger partial charge in [0.2, 0.25) is 0 Å². The molecule has 1 aromatic rings. The second-order valence-corrected chi connectivity index (χ2v) is 11.2. The van der Waals surface area contributed by atoms with Crippen LogP contribution < -0.4 is 15.2 Å². The van der Waals surface area contributed by atoms with E-state index in [1.165, 1.54) is 18.7 Å². The van der Waals surface area contributed by atoms with Gasteiger partial charge < -0.3 is 29.4 Å². The standard InChI is InChI=1S/C25H29BrN6O5S/c1-14(37-15(2)33)24(34)31-6-3-16(4-7-31)5-8-32-13-28-22(27)21-23(32)30-25(29-21)38-20-12-19-18(11-17(20)26)35-9-10-36-19/h11-14,16H,3-10,27H2,1-2H3. The fourth-order valence-electron chi connectivity index (χ4n) is 4.69. The molecule has 2 N–H and O–H groups in total. The number of piperidine rings is 1. The van der Waals surface area contributed by atoms with Crippen LogP contribution in [0.15, 0.2) is 33.0 Å². The highest BCUT2D eigenvalue weighted by Crippen LogP contribution is 2.42. The van der Waals surface area contributed by atoms with Crippen LogP contribution in [0.3, 0.4) is 0 Å². The lowest BCUT2D eigenvalue weighted by Gasteiger charge is -2.33. The highest BCUT2D eigenvalue weighted by molar-refractivity contribution is 9.10. The summed E-state index contributed by atoms with van der Waals surface area (Å²) < 4.78 is 19.3. The summed E-state index contributed by atoms with van der Waals surface area (Å²) in [7, 11) is 0. The van der Waals surface area contributed by atoms with Crippen molar-refractivity contribution in [3.05, 3.63) is 22.9 Å². The van der Waals surface area contributed by atoms with Gasteiger partial charge >= 0.3 is 5.97 Å². The van der Waals surface area contributed by atoms with Crippen LogP contribution in [0.4, 0.5) is 5.82 Å². The summed E-state index contributed by atoms with van der Waals surface area (Å²) in [6.45, 7) is 5.98. The van der Waals surface area contributed by atoms with Gasteiger partial charge in [-0.25, -0.2) is 15.0 Å². The first-order chi connectivity index (χ1) is 18.3. The third-order valence-corrected chi connectivity index (χ3v) is 8.51. The Labute approximate surface area is 232 Å². The average molecular weight is 606 g/mol. The van der Waals surface area contributed by atoms with Crippen LogP contribution in [-0.4, -0.2) is 68.7 Å². The number of esters is 1. The molecule has 1 atom stereocenters. The van der Waals surface area contributed by atoms with Gasteiger partial charge in [-0.1, -0.05) is 0 Å². The van der Waals surface area contributed by atoms with E-state index in [2.05, 4.69) is 25.9 Å². The molecule has 1 amide bonds. The van der Waals surface area contributed by atoms with E-state index in [0.717, 1.165) is 28.6 Å². The van der Waals surface area contributed by atoms with Crippen molar-refractivity contribution in [1.82, 2.24) is 24.4 Å². The molecule has 202 valence electrons. The van der Waals surface area contributed by atoms with Crippen molar-refractivity contribution >= 4 is 45.4 Å². The van der Waals surface area contributed by atoms with Crippen LogP contribution in [0, 0.1) is 5.92 Å². The molecule has 0 spiro atoms. The monoisotopic (exact) mass is 604 g/mol. The van der Waals surface area contributed by atoms with Gasteiger partial charge in [-0.05, 0) is 71.9 Å². The van der Waals surface area contributed by atoms with Crippen molar-refractivity contribution in [1.29, 1.82) is 0 Å². The fourth-order valence-corrected chi connectivity index (χ4v) is 6.04. The first kappa shape index (κ1) is 26.5. The first-order valence-electron chi connectivity index (χ1n) is 12.5. The Kier molecular flexibility index (Phi) is 7.93. The topological polar surface area (TPSA) is 135 Å². The zero-order valence-corrected chi connectivity index (χ0v) is 23.6. The number of carbonyl (C=O) groups is 2. The number of amides is 1. The second kappa shape index (κ2) is 11.4. The molecule has 13 heteroatoms. The van der Waals surface area contributed by atoms with E-state index in [1.807, 2.05) is 16.7 Å². The largest absolute Gasteiger partial charge is 0.486 e. The number of rotatable bonds is 7. The molecule has 1 fully saturated rings. The molecular formula is C25H29BrN6O5S. The van der Waals surface area contributed by atoms with Crippen molar-refractivity contribution in [2.24, 2.45) is 5.92 Å². The molecule has 4 aliphatic heterocycles. The molecule has 4 aliphatic rings. The zero-order valence-electron chi connectivity index (χ0n) is 21.2. The molecule has 4 heterocycles. The number of nitrogens with zero attached hydrogens (tertiary/aromatic N) is 5. The molecule has 1 saturated heterocycles. The van der Waals surface area contributed by atoms with Gasteiger partial charge in [0.15, 0.2) is 40.1 Å². The molecule has 0 aromatic heterocycles. The number of halogens is 1. The summed E-state index contributed by atoms with van der Waals surface area (Å²) >= 11 is 5.02. The van der Waals surface area contributed by atoms with Crippen molar-refractivity contribution in [3.8, 4) is 23.0 Å². The number of aromatic nitrogens is 4. The normalized spacial score (nSPS) is 16.4. The Morgan fingerprint density at radius 1 is 1.21 bits per heavy atom. The van der Waals surface area contributed by atoms with Gasteiger partial charge in [-0.2, -0.15) is 0 Å². The quantitative estimate of drug-likeness (QED) is 0.398. The molecule has 1 unspecified atom stereocenters. The zero-order chi connectivity index (χ0) is 26.8. The summed E-state index contributed by atoms with van der Waals surface area (Å²) in [5, 5.41) is 0.569. The molecular weight excluding hydrogens is 576 g/mol. The van der Waals surface area contributed by atoms with Gasteiger partial charge in [0.1, 0.15) is 13.2 Å². The van der Waals surface area contributed by atoms with Crippen LogP contribution in [0.25, 0.3) is 11.5 Å². The first-order valence-corrected chi connectivity index (χ1v) is 14.1. The lowest BCUT2D eigenvalue weighted by molar-refractivity contribution is -0.158. The third-order valence-electron chi connectivity index (χ3n) is 6.66. The molecule has 0 radical (unpaired) electrons. The number of nitrogens with two attached hydrogens (primary N) is 1. The minimum Gasteiger partial charge on any atom is -0.486 e. The number of nitrogen functional groups attached to an aromatic ring is 1. The minimum atomic E-state index is -0.750. The Morgan fingerprint density at radius 3 is 2.63 bits per heavy atom. The summed E-state index contributed by atoms with van der Waals surface area (Å²) in [6.07, 6.45) is 3.64.